The fourth-order valence-electron chi connectivity index (χ4n) is 4.59. The molecular formula is C31H35F6N3O2. The minimum absolute atomic E-state index is 0.0332. The molecule has 0 unspecified atom stereocenters. The first-order chi connectivity index (χ1) is 19.5. The van der Waals surface area contributed by atoms with Crippen LogP contribution in [0.4, 0.5) is 26.3 Å². The van der Waals surface area contributed by atoms with Crippen molar-refractivity contribution in [2.75, 3.05) is 33.2 Å². The third kappa shape index (κ3) is 7.63. The number of hydrogen-bond acceptors (Lipinski definition) is 4. The van der Waals surface area contributed by atoms with Gasteiger partial charge in [-0.05, 0) is 68.8 Å². The van der Waals surface area contributed by atoms with Gasteiger partial charge in [-0.2, -0.15) is 26.3 Å². The number of benzene rings is 2. The summed E-state index contributed by atoms with van der Waals surface area (Å²) in [5.41, 5.74) is -2.73. The topological polar surface area (TPSA) is 55.8 Å². The molecular weight excluding hydrogens is 560 g/mol. The molecule has 2 aromatic rings. The second kappa shape index (κ2) is 12.7. The van der Waals surface area contributed by atoms with E-state index in [1.165, 1.54) is 13.8 Å². The Labute approximate surface area is 241 Å². The Morgan fingerprint density at radius 1 is 0.952 bits per heavy atom. The van der Waals surface area contributed by atoms with Crippen molar-refractivity contribution in [3.05, 3.63) is 100 Å². The minimum Gasteiger partial charge on any atom is -0.392 e. The van der Waals surface area contributed by atoms with Crippen molar-refractivity contribution in [3.63, 3.8) is 0 Å². The van der Waals surface area contributed by atoms with Gasteiger partial charge in [-0.1, -0.05) is 36.9 Å². The van der Waals surface area contributed by atoms with Gasteiger partial charge in [0.05, 0.1) is 23.1 Å². The summed E-state index contributed by atoms with van der Waals surface area (Å²) in [5, 5.41) is 12.7. The molecule has 1 fully saturated rings. The summed E-state index contributed by atoms with van der Waals surface area (Å²) in [7, 11) is 2.01. The molecule has 0 radical (unpaired) electrons. The number of carbonyl (C=O) groups is 1. The van der Waals surface area contributed by atoms with Crippen molar-refractivity contribution in [2.24, 2.45) is 0 Å². The molecule has 1 aliphatic heterocycles. The van der Waals surface area contributed by atoms with E-state index in [1.54, 1.807) is 43.3 Å². The van der Waals surface area contributed by atoms with Gasteiger partial charge in [-0.25, -0.2) is 0 Å². The number of alkyl halides is 6. The van der Waals surface area contributed by atoms with Gasteiger partial charge in [0.25, 0.3) is 0 Å². The van der Waals surface area contributed by atoms with Gasteiger partial charge in [-0.3, -0.25) is 4.79 Å². The largest absolute Gasteiger partial charge is 0.416 e. The van der Waals surface area contributed by atoms with Gasteiger partial charge in [0.15, 0.2) is 0 Å². The molecule has 1 saturated heterocycles. The van der Waals surface area contributed by atoms with Crippen LogP contribution in [-0.2, 0) is 29.2 Å². The second-order valence-corrected chi connectivity index (χ2v) is 10.7. The lowest BCUT2D eigenvalue weighted by atomic mass is 9.81. The number of hydrogen-bond donors (Lipinski definition) is 2. The number of allylic oxidation sites excluding steroid dienone is 3. The lowest BCUT2D eigenvalue weighted by Gasteiger charge is -2.34. The SMILES string of the molecule is C=C(/C=C(\C(=C/C)NC(=O)C(C)(C)c1cc(C(F)(F)F)cc(C(F)(F)F)c1)c1ccccc1CO)N1CCN(C)CC1. The Morgan fingerprint density at radius 3 is 1.98 bits per heavy atom. The van der Waals surface area contributed by atoms with Crippen LogP contribution in [-0.4, -0.2) is 54.0 Å². The number of aliphatic hydroxyl groups excluding tert-OH is 1. The molecule has 228 valence electrons. The van der Waals surface area contributed by atoms with E-state index >= 15 is 0 Å². The van der Waals surface area contributed by atoms with Crippen LogP contribution < -0.4 is 5.32 Å². The normalized spacial score (nSPS) is 16.0. The molecule has 0 aromatic heterocycles. The Bertz CT molecular complexity index is 1340. The van der Waals surface area contributed by atoms with E-state index in [-0.39, 0.29) is 18.4 Å². The monoisotopic (exact) mass is 595 g/mol. The first-order valence-electron chi connectivity index (χ1n) is 13.3. The number of piperazine rings is 1. The van der Waals surface area contributed by atoms with Crippen LogP contribution in [0.25, 0.3) is 5.57 Å². The maximum atomic E-state index is 13.6. The highest BCUT2D eigenvalue weighted by atomic mass is 19.4. The third-order valence-corrected chi connectivity index (χ3v) is 7.40. The van der Waals surface area contributed by atoms with Crippen molar-refractivity contribution in [1.82, 2.24) is 15.1 Å². The third-order valence-electron chi connectivity index (χ3n) is 7.40. The Hall–Kier alpha value is -3.57. The Kier molecular flexibility index (Phi) is 10.00. The maximum absolute atomic E-state index is 13.6. The molecule has 1 aliphatic rings. The van der Waals surface area contributed by atoms with Gasteiger partial charge in [-0.15, -0.1) is 0 Å². The second-order valence-electron chi connectivity index (χ2n) is 10.7. The Morgan fingerprint density at radius 2 is 1.48 bits per heavy atom. The summed E-state index contributed by atoms with van der Waals surface area (Å²) in [4.78, 5) is 17.9. The van der Waals surface area contributed by atoms with Crippen molar-refractivity contribution < 1.29 is 36.2 Å². The molecule has 0 bridgehead atoms. The van der Waals surface area contributed by atoms with Gasteiger partial charge < -0.3 is 20.2 Å². The van der Waals surface area contributed by atoms with Crippen LogP contribution in [0.1, 0.15) is 48.6 Å². The number of rotatable bonds is 8. The molecule has 5 nitrogen and oxygen atoms in total. The van der Waals surface area contributed by atoms with Gasteiger partial charge in [0.2, 0.25) is 5.91 Å². The summed E-state index contributed by atoms with van der Waals surface area (Å²) in [6.45, 7) is 11.1. The van der Waals surface area contributed by atoms with Crippen LogP contribution in [0.3, 0.4) is 0 Å². The highest BCUT2D eigenvalue weighted by Gasteiger charge is 2.40. The van der Waals surface area contributed by atoms with E-state index in [0.717, 1.165) is 13.1 Å². The quantitative estimate of drug-likeness (QED) is 0.276. The molecule has 2 N–H and O–H groups in total. The number of likely N-dealkylation sites (N-methyl/N-ethyl adjacent to an activating group) is 1. The molecule has 0 saturated carbocycles. The lowest BCUT2D eigenvalue weighted by Crippen LogP contribution is -2.43. The average molecular weight is 596 g/mol. The summed E-state index contributed by atoms with van der Waals surface area (Å²) in [6.07, 6.45) is -6.76. The van der Waals surface area contributed by atoms with Gasteiger partial charge in [0, 0.05) is 43.1 Å². The van der Waals surface area contributed by atoms with Crippen molar-refractivity contribution in [2.45, 2.75) is 45.1 Å². The molecule has 0 spiro atoms. The van der Waals surface area contributed by atoms with E-state index in [4.69, 9.17) is 0 Å². The minimum atomic E-state index is -5.05. The molecule has 42 heavy (non-hydrogen) atoms. The average Bonchev–Trinajstić information content (AvgIpc) is 2.93. The van der Waals surface area contributed by atoms with E-state index in [9.17, 15) is 36.2 Å². The first kappa shape index (κ1) is 32.9. The van der Waals surface area contributed by atoms with E-state index in [2.05, 4.69) is 21.7 Å². The predicted octanol–water partition coefficient (Wildman–Crippen LogP) is 6.36. The summed E-state index contributed by atoms with van der Waals surface area (Å²) < 4.78 is 81.2. The molecule has 11 heteroatoms. The zero-order valence-corrected chi connectivity index (χ0v) is 24.0. The van der Waals surface area contributed by atoms with Crippen LogP contribution in [0.5, 0.6) is 0 Å². The van der Waals surface area contributed by atoms with Crippen molar-refractivity contribution in [1.29, 1.82) is 0 Å². The fraction of sp³-hybridized carbons (Fsp3) is 0.387. The first-order valence-corrected chi connectivity index (χ1v) is 13.3. The van der Waals surface area contributed by atoms with E-state index in [1.807, 2.05) is 7.05 Å². The van der Waals surface area contributed by atoms with Gasteiger partial charge >= 0.3 is 12.4 Å². The van der Waals surface area contributed by atoms with Crippen molar-refractivity contribution >= 4 is 11.5 Å². The zero-order valence-electron chi connectivity index (χ0n) is 24.0. The molecule has 0 aliphatic carbocycles. The summed E-state index contributed by atoms with van der Waals surface area (Å²) in [5.74, 6) is -0.819. The highest BCUT2D eigenvalue weighted by Crippen LogP contribution is 2.39. The number of amides is 1. The van der Waals surface area contributed by atoms with Crippen LogP contribution >= 0.6 is 0 Å². The molecule has 3 rings (SSSR count). The Balaban J connectivity index is 2.05. The standard InChI is InChI=1S/C31H35F6N3O2/c1-6-27(26(25-10-8-7-9-21(25)19-41)15-20(2)40-13-11-39(5)12-14-40)38-28(42)29(3,4)22-16-23(30(32,33)34)18-24(17-22)31(35,36)37/h6-10,15-18,41H,2,11-14,19H2,1,3-5H3,(H,38,42)/b26-15-,27-6+. The number of nitrogens with one attached hydrogen (secondary N) is 1. The number of nitrogens with zero attached hydrogens (tertiary/aromatic N) is 2. The highest BCUT2D eigenvalue weighted by molar-refractivity contribution is 5.93. The molecule has 1 heterocycles. The van der Waals surface area contributed by atoms with Gasteiger partial charge in [0.1, 0.15) is 0 Å². The number of carbonyl (C=O) groups excluding carboxylic acids is 1. The molecule has 1 amide bonds. The fourth-order valence-corrected chi connectivity index (χ4v) is 4.59. The van der Waals surface area contributed by atoms with Crippen LogP contribution in [0, 0.1) is 0 Å². The van der Waals surface area contributed by atoms with Crippen molar-refractivity contribution in [3.8, 4) is 0 Å². The van der Waals surface area contributed by atoms with E-state index < -0.39 is 40.4 Å². The summed E-state index contributed by atoms with van der Waals surface area (Å²) in [6, 6.07) is 8.12. The van der Waals surface area contributed by atoms with Crippen LogP contribution in [0.2, 0.25) is 0 Å². The summed E-state index contributed by atoms with van der Waals surface area (Å²) >= 11 is 0. The number of aliphatic hydroxyl groups is 1. The lowest BCUT2D eigenvalue weighted by molar-refractivity contribution is -0.143. The predicted molar refractivity (Wildman–Crippen MR) is 150 cm³/mol. The number of halogens is 6. The van der Waals surface area contributed by atoms with Crippen LogP contribution in [0.15, 0.2) is 72.6 Å². The van der Waals surface area contributed by atoms with E-state index in [0.29, 0.717) is 47.6 Å². The molecule has 0 atom stereocenters. The zero-order chi connectivity index (χ0) is 31.5. The molecule has 2 aromatic carbocycles. The maximum Gasteiger partial charge on any atom is 0.416 e. The smallest absolute Gasteiger partial charge is 0.392 e.